The van der Waals surface area contributed by atoms with Crippen LogP contribution in [0, 0.1) is 0 Å². The van der Waals surface area contributed by atoms with Crippen molar-refractivity contribution in [3.05, 3.63) is 96.1 Å². The molecule has 0 heterocycles. The second-order valence-corrected chi connectivity index (χ2v) is 10.8. The fourth-order valence-electron chi connectivity index (χ4n) is 4.47. The summed E-state index contributed by atoms with van der Waals surface area (Å²) in [4.78, 5) is 28.6. The molecule has 1 N–H and O–H groups in total. The molecular weight excluding hydrogens is 498 g/mol. The van der Waals surface area contributed by atoms with Crippen LogP contribution in [0.3, 0.4) is 0 Å². The molecule has 0 bridgehead atoms. The van der Waals surface area contributed by atoms with Gasteiger partial charge in [0.15, 0.2) is 0 Å². The van der Waals surface area contributed by atoms with E-state index in [1.54, 1.807) is 30.3 Å². The van der Waals surface area contributed by atoms with Crippen molar-refractivity contribution in [1.29, 1.82) is 0 Å². The first-order chi connectivity index (χ1) is 18.3. The van der Waals surface area contributed by atoms with Crippen LogP contribution in [0.2, 0.25) is 0 Å². The monoisotopic (exact) mass is 535 g/mol. The minimum absolute atomic E-state index is 0.102. The van der Waals surface area contributed by atoms with Gasteiger partial charge in [0, 0.05) is 13.1 Å². The van der Waals surface area contributed by atoms with Crippen molar-refractivity contribution in [1.82, 2.24) is 10.2 Å². The lowest BCUT2D eigenvalue weighted by atomic mass is 10.1. The van der Waals surface area contributed by atoms with Crippen LogP contribution in [-0.4, -0.2) is 50.8 Å². The second-order valence-electron chi connectivity index (χ2n) is 8.95. The van der Waals surface area contributed by atoms with E-state index in [1.807, 2.05) is 63.2 Å². The Bertz CT molecular complexity index is 1300. The highest BCUT2D eigenvalue weighted by atomic mass is 32.2. The predicted molar refractivity (Wildman–Crippen MR) is 151 cm³/mol. The summed E-state index contributed by atoms with van der Waals surface area (Å²) in [7, 11) is -4.06. The van der Waals surface area contributed by atoms with Gasteiger partial charge in [-0.2, -0.15) is 0 Å². The molecule has 7 nitrogen and oxygen atoms in total. The molecule has 0 fully saturated rings. The van der Waals surface area contributed by atoms with Crippen LogP contribution in [0.4, 0.5) is 5.69 Å². The number of amides is 2. The Balaban J connectivity index is 2.03. The highest BCUT2D eigenvalue weighted by Crippen LogP contribution is 2.28. The summed E-state index contributed by atoms with van der Waals surface area (Å²) in [5.74, 6) is -0.674. The van der Waals surface area contributed by atoms with Crippen molar-refractivity contribution in [2.75, 3.05) is 23.9 Å². The number of hydrogen-bond donors (Lipinski definition) is 1. The molecule has 0 unspecified atom stereocenters. The van der Waals surface area contributed by atoms with Gasteiger partial charge in [0.2, 0.25) is 11.8 Å². The highest BCUT2D eigenvalue weighted by Gasteiger charge is 2.33. The van der Waals surface area contributed by atoms with E-state index in [1.165, 1.54) is 21.3 Å². The van der Waals surface area contributed by atoms with E-state index in [2.05, 4.69) is 5.32 Å². The predicted octanol–water partition coefficient (Wildman–Crippen LogP) is 4.43. The van der Waals surface area contributed by atoms with Gasteiger partial charge in [0.05, 0.1) is 10.6 Å². The Labute approximate surface area is 226 Å². The van der Waals surface area contributed by atoms with Gasteiger partial charge >= 0.3 is 0 Å². The lowest BCUT2D eigenvalue weighted by Crippen LogP contribution is -2.53. The summed E-state index contributed by atoms with van der Waals surface area (Å²) >= 11 is 0. The van der Waals surface area contributed by atoms with Crippen LogP contribution in [-0.2, 0) is 32.5 Å². The topological polar surface area (TPSA) is 86.8 Å². The number of sulfonamides is 1. The molecule has 0 aliphatic rings. The number of carbonyl (C=O) groups is 2. The zero-order valence-electron chi connectivity index (χ0n) is 22.3. The van der Waals surface area contributed by atoms with E-state index in [0.29, 0.717) is 31.5 Å². The number of hydrogen-bond acceptors (Lipinski definition) is 4. The molecule has 3 aromatic rings. The molecule has 38 heavy (non-hydrogen) atoms. The molecule has 8 heteroatoms. The van der Waals surface area contributed by atoms with Crippen molar-refractivity contribution in [3.63, 3.8) is 0 Å². The van der Waals surface area contributed by atoms with Crippen LogP contribution in [0.25, 0.3) is 0 Å². The van der Waals surface area contributed by atoms with Crippen molar-refractivity contribution in [2.45, 2.75) is 51.0 Å². The maximum Gasteiger partial charge on any atom is 0.264 e. The van der Waals surface area contributed by atoms with Crippen LogP contribution in [0.1, 0.15) is 38.3 Å². The van der Waals surface area contributed by atoms with Gasteiger partial charge in [-0.25, -0.2) is 8.42 Å². The van der Waals surface area contributed by atoms with E-state index in [4.69, 9.17) is 0 Å². The first-order valence-corrected chi connectivity index (χ1v) is 14.5. The molecule has 1 atom stereocenters. The highest BCUT2D eigenvalue weighted by molar-refractivity contribution is 7.92. The molecule has 0 saturated heterocycles. The second kappa shape index (κ2) is 13.8. The molecule has 0 spiro atoms. The summed E-state index contributed by atoms with van der Waals surface area (Å²) in [6.45, 7) is 5.94. The molecule has 3 aromatic carbocycles. The SMILES string of the molecule is CCNC(=O)[C@@H](CC)N(CCc1ccccc1)C(=O)CN(c1ccccc1CC)S(=O)(=O)c1ccccc1. The first kappa shape index (κ1) is 28.9. The number of carbonyl (C=O) groups excluding carboxylic acids is 2. The van der Waals surface area contributed by atoms with Gasteiger partial charge in [-0.1, -0.05) is 80.6 Å². The van der Waals surface area contributed by atoms with Gasteiger partial charge in [-0.15, -0.1) is 0 Å². The number of anilines is 1. The molecule has 2 amide bonds. The third-order valence-corrected chi connectivity index (χ3v) is 8.25. The summed E-state index contributed by atoms with van der Waals surface area (Å²) in [6.07, 6.45) is 1.54. The maximum atomic E-state index is 14.0. The maximum absolute atomic E-state index is 14.0. The minimum atomic E-state index is -4.06. The van der Waals surface area contributed by atoms with Crippen molar-refractivity contribution < 1.29 is 18.0 Å². The van der Waals surface area contributed by atoms with E-state index in [-0.39, 0.29) is 17.3 Å². The number of likely N-dealkylation sites (N-methyl/N-ethyl adjacent to an activating group) is 1. The third kappa shape index (κ3) is 7.01. The minimum Gasteiger partial charge on any atom is -0.355 e. The number of nitrogens with one attached hydrogen (secondary N) is 1. The fraction of sp³-hybridized carbons (Fsp3) is 0.333. The van der Waals surface area contributed by atoms with Crippen molar-refractivity contribution in [3.8, 4) is 0 Å². The van der Waals surface area contributed by atoms with E-state index < -0.39 is 28.5 Å². The molecule has 3 rings (SSSR count). The Morgan fingerprint density at radius 3 is 2.05 bits per heavy atom. The van der Waals surface area contributed by atoms with Crippen LogP contribution < -0.4 is 9.62 Å². The largest absolute Gasteiger partial charge is 0.355 e. The number of nitrogens with zero attached hydrogens (tertiary/aromatic N) is 2. The van der Waals surface area contributed by atoms with E-state index in [9.17, 15) is 18.0 Å². The lowest BCUT2D eigenvalue weighted by Gasteiger charge is -2.33. The average Bonchev–Trinajstić information content (AvgIpc) is 2.94. The number of aryl methyl sites for hydroxylation is 1. The molecule has 0 aromatic heterocycles. The van der Waals surface area contributed by atoms with E-state index >= 15 is 0 Å². The molecule has 202 valence electrons. The summed E-state index contributed by atoms with van der Waals surface area (Å²) in [6, 6.07) is 24.3. The van der Waals surface area contributed by atoms with Crippen molar-refractivity contribution in [2.24, 2.45) is 0 Å². The fourth-order valence-corrected chi connectivity index (χ4v) is 5.95. The Morgan fingerprint density at radius 1 is 0.842 bits per heavy atom. The van der Waals surface area contributed by atoms with E-state index in [0.717, 1.165) is 11.1 Å². The normalized spacial score (nSPS) is 12.0. The zero-order chi connectivity index (χ0) is 27.5. The number of rotatable bonds is 13. The Kier molecular flexibility index (Phi) is 10.5. The zero-order valence-corrected chi connectivity index (χ0v) is 23.2. The van der Waals surface area contributed by atoms with Crippen molar-refractivity contribution >= 4 is 27.5 Å². The van der Waals surface area contributed by atoms with Crippen LogP contribution >= 0.6 is 0 Å². The van der Waals surface area contributed by atoms with Gasteiger partial charge in [-0.05, 0) is 55.5 Å². The third-order valence-electron chi connectivity index (χ3n) is 6.47. The molecule has 0 saturated carbocycles. The quantitative estimate of drug-likeness (QED) is 0.351. The summed E-state index contributed by atoms with van der Waals surface area (Å²) in [5, 5.41) is 2.82. The van der Waals surface area contributed by atoms with Crippen LogP contribution in [0.15, 0.2) is 89.8 Å². The average molecular weight is 536 g/mol. The summed E-state index contributed by atoms with van der Waals surface area (Å²) < 4.78 is 29.0. The van der Waals surface area contributed by atoms with Gasteiger partial charge in [0.25, 0.3) is 10.0 Å². The molecular formula is C30H37N3O4S. The van der Waals surface area contributed by atoms with Gasteiger partial charge in [-0.3, -0.25) is 13.9 Å². The molecule has 0 aliphatic carbocycles. The number of benzene rings is 3. The lowest BCUT2D eigenvalue weighted by molar-refractivity contribution is -0.139. The number of para-hydroxylation sites is 1. The van der Waals surface area contributed by atoms with Crippen LogP contribution in [0.5, 0.6) is 0 Å². The Morgan fingerprint density at radius 2 is 1.45 bits per heavy atom. The standard InChI is InChI=1S/C30H37N3O4S/c1-4-25-17-13-14-20-28(25)33(38(36,37)26-18-11-8-12-19-26)23-29(34)32(27(5-2)30(35)31-6-3)22-21-24-15-9-7-10-16-24/h7-20,27H,4-6,21-23H2,1-3H3,(H,31,35)/t27-/m1/s1. The smallest absolute Gasteiger partial charge is 0.264 e. The summed E-state index contributed by atoms with van der Waals surface area (Å²) in [5.41, 5.74) is 2.30. The molecule has 0 aliphatic heterocycles. The Hall–Kier alpha value is -3.65. The first-order valence-electron chi connectivity index (χ1n) is 13.1. The van der Waals surface area contributed by atoms with Gasteiger partial charge in [0.1, 0.15) is 12.6 Å². The van der Waals surface area contributed by atoms with Gasteiger partial charge < -0.3 is 10.2 Å². The molecule has 0 radical (unpaired) electrons.